The van der Waals surface area contributed by atoms with Crippen molar-refractivity contribution < 1.29 is 0 Å². The van der Waals surface area contributed by atoms with E-state index < -0.39 is 0 Å². The molecule has 0 saturated heterocycles. The Morgan fingerprint density at radius 1 is 1.11 bits per heavy atom. The Morgan fingerprint density at radius 3 is 2.58 bits per heavy atom. The van der Waals surface area contributed by atoms with Crippen LogP contribution in [0, 0.1) is 5.92 Å². The van der Waals surface area contributed by atoms with Crippen molar-refractivity contribution in [3.63, 3.8) is 0 Å². The normalized spacial score (nSPS) is 16.7. The average Bonchev–Trinajstić information content (AvgIpc) is 2.46. The number of nitrogens with one attached hydrogen (secondary N) is 1. The van der Waals surface area contributed by atoms with Gasteiger partial charge in [-0.15, -0.1) is 0 Å². The molecule has 1 N–H and O–H groups in total. The molecule has 1 saturated carbocycles. The second kappa shape index (κ2) is 8.89. The smallest absolute Gasteiger partial charge is 0.0406 e. The first-order valence-corrected chi connectivity index (χ1v) is 8.91. The summed E-state index contributed by atoms with van der Waals surface area (Å²) in [4.78, 5) is 0. The van der Waals surface area contributed by atoms with Gasteiger partial charge in [-0.3, -0.25) is 0 Å². The summed E-state index contributed by atoms with van der Waals surface area (Å²) < 4.78 is 0. The molecule has 0 spiro atoms. The Bertz CT molecular complexity index is 346. The predicted molar refractivity (Wildman–Crippen MR) is 87.1 cm³/mol. The van der Waals surface area contributed by atoms with E-state index in [9.17, 15) is 0 Å². The lowest BCUT2D eigenvalue weighted by Gasteiger charge is -2.21. The van der Waals surface area contributed by atoms with Gasteiger partial charge in [0.05, 0.1) is 0 Å². The van der Waals surface area contributed by atoms with Crippen molar-refractivity contribution in [3.05, 3.63) is 34.9 Å². The Hall–Kier alpha value is -0.180. The number of hydrogen-bond acceptors (Lipinski definition) is 2. The number of rotatable bonds is 7. The highest BCUT2D eigenvalue weighted by Gasteiger charge is 2.12. The topological polar surface area (TPSA) is 12.0 Å². The Morgan fingerprint density at radius 2 is 1.84 bits per heavy atom. The Balaban J connectivity index is 1.49. The van der Waals surface area contributed by atoms with Crippen molar-refractivity contribution >= 4 is 23.4 Å². The van der Waals surface area contributed by atoms with Gasteiger partial charge in [0.1, 0.15) is 0 Å². The monoisotopic (exact) mass is 297 g/mol. The molecule has 1 aromatic carbocycles. The molecule has 1 aliphatic rings. The van der Waals surface area contributed by atoms with E-state index >= 15 is 0 Å². The van der Waals surface area contributed by atoms with Crippen LogP contribution in [0.4, 0.5) is 0 Å². The van der Waals surface area contributed by atoms with E-state index in [4.69, 9.17) is 11.6 Å². The summed E-state index contributed by atoms with van der Waals surface area (Å²) in [6, 6.07) is 8.17. The molecule has 1 fully saturated rings. The molecule has 0 amide bonds. The quantitative estimate of drug-likeness (QED) is 0.729. The summed E-state index contributed by atoms with van der Waals surface area (Å²) in [5, 5.41) is 4.43. The van der Waals surface area contributed by atoms with E-state index in [1.807, 2.05) is 23.9 Å². The zero-order valence-electron chi connectivity index (χ0n) is 11.5. The third-order valence-corrected chi connectivity index (χ3v) is 5.05. The Kier molecular flexibility index (Phi) is 7.11. The van der Waals surface area contributed by atoms with E-state index in [1.165, 1.54) is 50.0 Å². The zero-order chi connectivity index (χ0) is 13.3. The van der Waals surface area contributed by atoms with E-state index in [0.717, 1.165) is 23.2 Å². The first-order chi connectivity index (χ1) is 9.34. The van der Waals surface area contributed by atoms with Crippen LogP contribution in [0.25, 0.3) is 0 Å². The highest BCUT2D eigenvalue weighted by Crippen LogP contribution is 2.22. The van der Waals surface area contributed by atoms with Gasteiger partial charge >= 0.3 is 0 Å². The van der Waals surface area contributed by atoms with Gasteiger partial charge in [-0.1, -0.05) is 43.0 Å². The minimum absolute atomic E-state index is 0.822. The maximum atomic E-state index is 5.87. The minimum Gasteiger partial charge on any atom is -0.316 e. The summed E-state index contributed by atoms with van der Waals surface area (Å²) in [5.41, 5.74) is 1.36. The molecule has 1 aromatic rings. The summed E-state index contributed by atoms with van der Waals surface area (Å²) in [5.74, 6) is 3.22. The molecule has 0 radical (unpaired) electrons. The fourth-order valence-corrected chi connectivity index (χ4v) is 3.60. The van der Waals surface area contributed by atoms with Crippen LogP contribution in [-0.4, -0.2) is 18.8 Å². The largest absolute Gasteiger partial charge is 0.316 e. The molecule has 1 nitrogen and oxygen atoms in total. The molecule has 1 aliphatic carbocycles. The Labute approximate surface area is 126 Å². The standard InChI is InChI=1S/C16H24ClNS/c17-16-8-6-15(7-9-16)13-19-11-10-18-12-14-4-2-1-3-5-14/h6-9,14,18H,1-5,10-13H2. The highest BCUT2D eigenvalue weighted by atomic mass is 35.5. The molecule has 0 heterocycles. The number of hydrogen-bond donors (Lipinski definition) is 1. The van der Waals surface area contributed by atoms with Crippen LogP contribution in [0.1, 0.15) is 37.7 Å². The van der Waals surface area contributed by atoms with E-state index in [2.05, 4.69) is 17.4 Å². The highest BCUT2D eigenvalue weighted by molar-refractivity contribution is 7.98. The van der Waals surface area contributed by atoms with Crippen molar-refractivity contribution in [3.8, 4) is 0 Å². The number of benzene rings is 1. The summed E-state index contributed by atoms with van der Waals surface area (Å²) >= 11 is 7.86. The molecule has 19 heavy (non-hydrogen) atoms. The van der Waals surface area contributed by atoms with Gasteiger partial charge in [0.2, 0.25) is 0 Å². The fourth-order valence-electron chi connectivity index (χ4n) is 2.61. The maximum absolute atomic E-state index is 5.87. The lowest BCUT2D eigenvalue weighted by Crippen LogP contribution is -2.26. The summed E-state index contributed by atoms with van der Waals surface area (Å²) in [6.45, 7) is 2.36. The molecule has 2 rings (SSSR count). The molecule has 3 heteroatoms. The van der Waals surface area contributed by atoms with Crippen LogP contribution >= 0.6 is 23.4 Å². The second-order valence-electron chi connectivity index (χ2n) is 5.39. The number of thioether (sulfide) groups is 1. The molecule has 0 aliphatic heterocycles. The summed E-state index contributed by atoms with van der Waals surface area (Å²) in [7, 11) is 0. The summed E-state index contributed by atoms with van der Waals surface area (Å²) in [6.07, 6.45) is 7.21. The molecule has 106 valence electrons. The van der Waals surface area contributed by atoms with Crippen LogP contribution in [0.15, 0.2) is 24.3 Å². The second-order valence-corrected chi connectivity index (χ2v) is 6.93. The molecule has 0 aromatic heterocycles. The van der Waals surface area contributed by atoms with Gasteiger partial charge in [-0.2, -0.15) is 11.8 Å². The molecule has 0 unspecified atom stereocenters. The first-order valence-electron chi connectivity index (χ1n) is 7.37. The van der Waals surface area contributed by atoms with Crippen LogP contribution in [0.3, 0.4) is 0 Å². The molecular formula is C16H24ClNS. The van der Waals surface area contributed by atoms with Gasteiger partial charge in [0.15, 0.2) is 0 Å². The average molecular weight is 298 g/mol. The fraction of sp³-hybridized carbons (Fsp3) is 0.625. The first kappa shape index (κ1) is 15.2. The van der Waals surface area contributed by atoms with Gasteiger partial charge < -0.3 is 5.32 Å². The van der Waals surface area contributed by atoms with Crippen molar-refractivity contribution in [1.82, 2.24) is 5.32 Å². The maximum Gasteiger partial charge on any atom is 0.0406 e. The molecular weight excluding hydrogens is 274 g/mol. The van der Waals surface area contributed by atoms with Crippen LogP contribution in [0.5, 0.6) is 0 Å². The van der Waals surface area contributed by atoms with E-state index in [1.54, 1.807) is 0 Å². The van der Waals surface area contributed by atoms with Gasteiger partial charge in [-0.05, 0) is 43.0 Å². The van der Waals surface area contributed by atoms with E-state index in [-0.39, 0.29) is 0 Å². The van der Waals surface area contributed by atoms with Crippen LogP contribution in [-0.2, 0) is 5.75 Å². The van der Waals surface area contributed by atoms with Gasteiger partial charge in [0, 0.05) is 23.1 Å². The molecule has 0 atom stereocenters. The van der Waals surface area contributed by atoms with Crippen molar-refractivity contribution in [2.75, 3.05) is 18.8 Å². The third-order valence-electron chi connectivity index (χ3n) is 3.76. The zero-order valence-corrected chi connectivity index (χ0v) is 13.1. The van der Waals surface area contributed by atoms with Crippen LogP contribution < -0.4 is 5.32 Å². The third kappa shape index (κ3) is 6.20. The van der Waals surface area contributed by atoms with Crippen molar-refractivity contribution in [1.29, 1.82) is 0 Å². The van der Waals surface area contributed by atoms with E-state index in [0.29, 0.717) is 0 Å². The van der Waals surface area contributed by atoms with Gasteiger partial charge in [-0.25, -0.2) is 0 Å². The van der Waals surface area contributed by atoms with Crippen molar-refractivity contribution in [2.45, 2.75) is 37.9 Å². The lowest BCUT2D eigenvalue weighted by atomic mass is 9.89. The number of halogens is 1. The van der Waals surface area contributed by atoms with Crippen molar-refractivity contribution in [2.24, 2.45) is 5.92 Å². The molecule has 0 bridgehead atoms. The SMILES string of the molecule is Clc1ccc(CSCCNCC2CCCCC2)cc1. The van der Waals surface area contributed by atoms with Gasteiger partial charge in [0.25, 0.3) is 0 Å². The minimum atomic E-state index is 0.822. The predicted octanol–water partition coefficient (Wildman–Crippen LogP) is 4.74. The van der Waals surface area contributed by atoms with Crippen LogP contribution in [0.2, 0.25) is 5.02 Å². The lowest BCUT2D eigenvalue weighted by molar-refractivity contribution is 0.345.